The maximum atomic E-state index is 12.1. The molecule has 1 amide bonds. The molecule has 4 rings (SSSR count). The summed E-state index contributed by atoms with van der Waals surface area (Å²) in [5, 5.41) is 11.6. The molecule has 3 heterocycles. The molecule has 2 aromatic rings. The average molecular weight is 339 g/mol. The summed E-state index contributed by atoms with van der Waals surface area (Å²) in [4.78, 5) is 28.0. The standard InChI is InChI=1S/C18H21N5O2/c24-17-8-14(5-6-19-17)18(25)20-9-12-10-23(11-12)16-7-13-3-1-2-4-15(13)21-22-16/h5-8,12H,1-4,9-11H2,(H,19,24)(H,20,25). The Kier molecular flexibility index (Phi) is 4.21. The lowest BCUT2D eigenvalue weighted by atomic mass is 9.95. The largest absolute Gasteiger partial charge is 0.354 e. The van der Waals surface area contributed by atoms with Gasteiger partial charge in [-0.25, -0.2) is 0 Å². The van der Waals surface area contributed by atoms with Crippen LogP contribution in [0.15, 0.2) is 29.2 Å². The van der Waals surface area contributed by atoms with Gasteiger partial charge in [-0.2, -0.15) is 5.10 Å². The van der Waals surface area contributed by atoms with Crippen LogP contribution in [-0.4, -0.2) is 40.7 Å². The van der Waals surface area contributed by atoms with Gasteiger partial charge in [0.15, 0.2) is 5.82 Å². The minimum atomic E-state index is -0.270. The second kappa shape index (κ2) is 6.66. The quantitative estimate of drug-likeness (QED) is 0.864. The van der Waals surface area contributed by atoms with Crippen molar-refractivity contribution in [2.24, 2.45) is 5.92 Å². The monoisotopic (exact) mass is 339 g/mol. The number of H-pyrrole nitrogens is 1. The Morgan fingerprint density at radius 2 is 2.08 bits per heavy atom. The van der Waals surface area contributed by atoms with Crippen LogP contribution in [0.2, 0.25) is 0 Å². The fourth-order valence-corrected chi connectivity index (χ4v) is 3.44. The first-order valence-corrected chi connectivity index (χ1v) is 8.76. The molecule has 2 N–H and O–H groups in total. The summed E-state index contributed by atoms with van der Waals surface area (Å²) < 4.78 is 0. The van der Waals surface area contributed by atoms with Gasteiger partial charge in [0, 0.05) is 43.4 Å². The number of aromatic nitrogens is 3. The van der Waals surface area contributed by atoms with Crippen molar-refractivity contribution in [1.82, 2.24) is 20.5 Å². The van der Waals surface area contributed by atoms with E-state index in [1.165, 1.54) is 30.7 Å². The van der Waals surface area contributed by atoms with E-state index < -0.39 is 0 Å². The number of hydrogen-bond donors (Lipinski definition) is 2. The Morgan fingerprint density at radius 3 is 2.92 bits per heavy atom. The summed E-state index contributed by atoms with van der Waals surface area (Å²) in [5.74, 6) is 1.12. The number of carbonyl (C=O) groups is 1. The molecule has 1 aliphatic carbocycles. The summed E-state index contributed by atoms with van der Waals surface area (Å²) in [7, 11) is 0. The van der Waals surface area contributed by atoms with E-state index in [0.29, 0.717) is 18.0 Å². The minimum absolute atomic E-state index is 0.210. The average Bonchev–Trinajstić information content (AvgIpc) is 2.60. The summed E-state index contributed by atoms with van der Waals surface area (Å²) >= 11 is 0. The molecule has 25 heavy (non-hydrogen) atoms. The molecule has 0 bridgehead atoms. The lowest BCUT2D eigenvalue weighted by molar-refractivity contribution is 0.0944. The third kappa shape index (κ3) is 3.40. The highest BCUT2D eigenvalue weighted by molar-refractivity contribution is 5.93. The van der Waals surface area contributed by atoms with Crippen molar-refractivity contribution < 1.29 is 4.79 Å². The summed E-state index contributed by atoms with van der Waals surface area (Å²) in [6.07, 6.45) is 6.06. The van der Waals surface area contributed by atoms with Gasteiger partial charge in [-0.1, -0.05) is 0 Å². The van der Waals surface area contributed by atoms with Gasteiger partial charge in [0.05, 0.1) is 5.69 Å². The molecule has 7 nitrogen and oxygen atoms in total. The number of nitrogens with one attached hydrogen (secondary N) is 2. The Hall–Kier alpha value is -2.70. The second-order valence-electron chi connectivity index (χ2n) is 6.80. The molecule has 0 atom stereocenters. The molecule has 7 heteroatoms. The highest BCUT2D eigenvalue weighted by atomic mass is 16.2. The van der Waals surface area contributed by atoms with E-state index in [-0.39, 0.29) is 11.5 Å². The molecule has 0 aromatic carbocycles. The minimum Gasteiger partial charge on any atom is -0.354 e. The Balaban J connectivity index is 1.29. The Labute approximate surface area is 145 Å². The van der Waals surface area contributed by atoms with Crippen LogP contribution in [0.3, 0.4) is 0 Å². The van der Waals surface area contributed by atoms with Crippen molar-refractivity contribution in [3.8, 4) is 0 Å². The van der Waals surface area contributed by atoms with Crippen molar-refractivity contribution in [2.45, 2.75) is 25.7 Å². The number of nitrogens with zero attached hydrogens (tertiary/aromatic N) is 3. The third-order valence-electron chi connectivity index (χ3n) is 4.93. The molecule has 0 radical (unpaired) electrons. The lowest BCUT2D eigenvalue weighted by Gasteiger charge is -2.40. The highest BCUT2D eigenvalue weighted by Gasteiger charge is 2.29. The maximum Gasteiger partial charge on any atom is 0.251 e. The number of carbonyl (C=O) groups excluding carboxylic acids is 1. The second-order valence-corrected chi connectivity index (χ2v) is 6.80. The molecule has 2 aromatic heterocycles. The highest BCUT2D eigenvalue weighted by Crippen LogP contribution is 2.26. The zero-order chi connectivity index (χ0) is 17.2. The predicted octanol–water partition coefficient (Wildman–Crippen LogP) is 0.910. The third-order valence-corrected chi connectivity index (χ3v) is 4.93. The number of hydrogen-bond acceptors (Lipinski definition) is 5. The number of amides is 1. The van der Waals surface area contributed by atoms with Crippen LogP contribution in [0, 0.1) is 5.92 Å². The van der Waals surface area contributed by atoms with Crippen LogP contribution in [0.5, 0.6) is 0 Å². The predicted molar refractivity (Wildman–Crippen MR) is 93.8 cm³/mol. The molecular weight excluding hydrogens is 318 g/mol. The zero-order valence-corrected chi connectivity index (χ0v) is 14.0. The first-order chi connectivity index (χ1) is 12.2. The fraction of sp³-hybridized carbons (Fsp3) is 0.444. The smallest absolute Gasteiger partial charge is 0.251 e. The van der Waals surface area contributed by atoms with Crippen molar-refractivity contribution in [1.29, 1.82) is 0 Å². The molecule has 1 fully saturated rings. The molecule has 1 saturated heterocycles. The SMILES string of the molecule is O=C(NCC1CN(c2cc3c(nn2)CCCC3)C1)c1cc[nH]c(=O)c1. The van der Waals surface area contributed by atoms with Gasteiger partial charge in [-0.15, -0.1) is 5.10 Å². The molecular formula is C18H21N5O2. The van der Waals surface area contributed by atoms with E-state index >= 15 is 0 Å². The maximum absolute atomic E-state index is 12.1. The van der Waals surface area contributed by atoms with E-state index in [2.05, 4.69) is 31.5 Å². The van der Waals surface area contributed by atoms with Crippen LogP contribution in [-0.2, 0) is 12.8 Å². The van der Waals surface area contributed by atoms with Crippen molar-refractivity contribution >= 4 is 11.7 Å². The van der Waals surface area contributed by atoms with E-state index in [1.54, 1.807) is 6.07 Å². The molecule has 0 saturated carbocycles. The number of rotatable bonds is 4. The van der Waals surface area contributed by atoms with Gasteiger partial charge < -0.3 is 15.2 Å². The fourth-order valence-electron chi connectivity index (χ4n) is 3.44. The lowest BCUT2D eigenvalue weighted by Crippen LogP contribution is -2.52. The zero-order valence-electron chi connectivity index (χ0n) is 14.0. The number of fused-ring (bicyclic) bond motifs is 1. The Morgan fingerprint density at radius 1 is 1.24 bits per heavy atom. The molecule has 130 valence electrons. The van der Waals surface area contributed by atoms with Gasteiger partial charge in [-0.05, 0) is 43.4 Å². The normalized spacial score (nSPS) is 16.9. The Bertz CT molecular complexity index is 841. The number of anilines is 1. The number of aryl methyl sites for hydroxylation is 2. The van der Waals surface area contributed by atoms with Gasteiger partial charge in [0.1, 0.15) is 0 Å². The van der Waals surface area contributed by atoms with Gasteiger partial charge in [0.2, 0.25) is 5.56 Å². The van der Waals surface area contributed by atoms with Crippen LogP contribution in [0.1, 0.15) is 34.5 Å². The van der Waals surface area contributed by atoms with Crippen LogP contribution in [0.4, 0.5) is 5.82 Å². The van der Waals surface area contributed by atoms with E-state index in [4.69, 9.17) is 0 Å². The van der Waals surface area contributed by atoms with Crippen molar-refractivity contribution in [3.05, 3.63) is 51.6 Å². The number of aromatic amines is 1. The van der Waals surface area contributed by atoms with Crippen LogP contribution >= 0.6 is 0 Å². The van der Waals surface area contributed by atoms with Crippen molar-refractivity contribution in [2.75, 3.05) is 24.5 Å². The van der Waals surface area contributed by atoms with Crippen LogP contribution < -0.4 is 15.8 Å². The summed E-state index contributed by atoms with van der Waals surface area (Å²) in [6.45, 7) is 2.33. The van der Waals surface area contributed by atoms with Crippen molar-refractivity contribution in [3.63, 3.8) is 0 Å². The molecule has 1 aliphatic heterocycles. The number of pyridine rings is 1. The van der Waals surface area contributed by atoms with E-state index in [0.717, 1.165) is 37.4 Å². The molecule has 0 spiro atoms. The van der Waals surface area contributed by atoms with Gasteiger partial charge in [-0.3, -0.25) is 9.59 Å². The first kappa shape index (κ1) is 15.8. The summed E-state index contributed by atoms with van der Waals surface area (Å²) in [5.41, 5.74) is 2.61. The summed E-state index contributed by atoms with van der Waals surface area (Å²) in [6, 6.07) is 5.09. The van der Waals surface area contributed by atoms with Gasteiger partial charge in [0.25, 0.3) is 5.91 Å². The molecule has 2 aliphatic rings. The first-order valence-electron chi connectivity index (χ1n) is 8.76. The molecule has 0 unspecified atom stereocenters. The van der Waals surface area contributed by atoms with Gasteiger partial charge >= 0.3 is 0 Å². The van der Waals surface area contributed by atoms with Crippen LogP contribution in [0.25, 0.3) is 0 Å². The topological polar surface area (TPSA) is 91.0 Å². The van der Waals surface area contributed by atoms with E-state index in [9.17, 15) is 9.59 Å². The van der Waals surface area contributed by atoms with E-state index in [1.807, 2.05) is 0 Å².